The van der Waals surface area contributed by atoms with E-state index in [1.54, 1.807) is 0 Å². The van der Waals surface area contributed by atoms with Crippen molar-refractivity contribution in [2.45, 2.75) is 33.6 Å². The Labute approximate surface area is 139 Å². The molecular formula is C17H28N4S. The van der Waals surface area contributed by atoms with Gasteiger partial charge in [0.2, 0.25) is 0 Å². The first-order chi connectivity index (χ1) is 10.5. The molecular weight excluding hydrogens is 292 g/mol. The Balaban J connectivity index is 1.63. The van der Waals surface area contributed by atoms with Gasteiger partial charge in [0.05, 0.1) is 0 Å². The molecule has 0 amide bonds. The summed E-state index contributed by atoms with van der Waals surface area (Å²) in [7, 11) is 0. The van der Waals surface area contributed by atoms with Gasteiger partial charge in [-0.1, -0.05) is 19.9 Å². The highest BCUT2D eigenvalue weighted by Gasteiger charge is 2.20. The van der Waals surface area contributed by atoms with Gasteiger partial charge in [0.25, 0.3) is 0 Å². The summed E-state index contributed by atoms with van der Waals surface area (Å²) in [5.74, 6) is 2.45. The molecule has 2 rings (SSSR count). The zero-order chi connectivity index (χ0) is 15.9. The Hall–Kier alpha value is -1.20. The number of hydrogen-bond donors (Lipinski definition) is 2. The number of anilines is 1. The molecule has 0 spiro atoms. The van der Waals surface area contributed by atoms with Crippen molar-refractivity contribution in [1.82, 2.24) is 15.2 Å². The zero-order valence-electron chi connectivity index (χ0n) is 13.9. The highest BCUT2D eigenvalue weighted by Crippen LogP contribution is 2.20. The van der Waals surface area contributed by atoms with Gasteiger partial charge in [-0.05, 0) is 62.5 Å². The van der Waals surface area contributed by atoms with Crippen LogP contribution in [0.1, 0.15) is 32.4 Å². The van der Waals surface area contributed by atoms with E-state index in [-0.39, 0.29) is 0 Å². The van der Waals surface area contributed by atoms with Crippen LogP contribution in [0.15, 0.2) is 18.2 Å². The van der Waals surface area contributed by atoms with Crippen LogP contribution in [0.3, 0.4) is 0 Å². The number of rotatable bonds is 5. The molecule has 0 bridgehead atoms. The minimum atomic E-state index is 0.651. The summed E-state index contributed by atoms with van der Waals surface area (Å²) >= 11 is 5.31. The minimum Gasteiger partial charge on any atom is -0.362 e. The number of nitrogens with one attached hydrogen (secondary N) is 2. The number of aryl methyl sites for hydroxylation is 1. The summed E-state index contributed by atoms with van der Waals surface area (Å²) in [6.45, 7) is 11.2. The van der Waals surface area contributed by atoms with Crippen LogP contribution in [0, 0.1) is 18.8 Å². The Bertz CT molecular complexity index is 481. The highest BCUT2D eigenvalue weighted by atomic mass is 32.1. The molecule has 2 N–H and O–H groups in total. The van der Waals surface area contributed by atoms with Crippen LogP contribution in [0.25, 0.3) is 0 Å². The van der Waals surface area contributed by atoms with Crippen molar-refractivity contribution in [3.8, 4) is 0 Å². The third-order valence-corrected chi connectivity index (χ3v) is 4.26. The van der Waals surface area contributed by atoms with Crippen LogP contribution in [0.5, 0.6) is 0 Å². The quantitative estimate of drug-likeness (QED) is 0.644. The van der Waals surface area contributed by atoms with Crippen molar-refractivity contribution in [3.05, 3.63) is 23.9 Å². The van der Waals surface area contributed by atoms with E-state index in [4.69, 9.17) is 12.2 Å². The van der Waals surface area contributed by atoms with E-state index in [0.29, 0.717) is 5.11 Å². The van der Waals surface area contributed by atoms with E-state index in [1.807, 2.05) is 25.1 Å². The van der Waals surface area contributed by atoms with E-state index in [2.05, 4.69) is 34.4 Å². The van der Waals surface area contributed by atoms with E-state index in [0.717, 1.165) is 42.9 Å². The second-order valence-electron chi connectivity index (χ2n) is 6.60. The molecule has 1 fully saturated rings. The number of pyridine rings is 1. The summed E-state index contributed by atoms with van der Waals surface area (Å²) < 4.78 is 0. The zero-order valence-corrected chi connectivity index (χ0v) is 14.7. The Morgan fingerprint density at radius 2 is 2.05 bits per heavy atom. The molecule has 0 saturated carbocycles. The predicted octanol–water partition coefficient (Wildman–Crippen LogP) is 3.04. The standard InChI is InChI=1S/C17H28N4S/c1-13-10-14(2)12-21(11-13)9-5-8-18-17(22)20-16-7-4-6-15(3)19-16/h4,6-7,13-14H,5,8-12H2,1-3H3,(H2,18,19,20,22)/t13-,14-/m1/s1. The smallest absolute Gasteiger partial charge is 0.171 e. The van der Waals surface area contributed by atoms with Crippen LogP contribution in [0.2, 0.25) is 0 Å². The van der Waals surface area contributed by atoms with Crippen molar-refractivity contribution in [1.29, 1.82) is 0 Å². The van der Waals surface area contributed by atoms with Crippen molar-refractivity contribution >= 4 is 23.1 Å². The average Bonchev–Trinajstić information content (AvgIpc) is 2.42. The monoisotopic (exact) mass is 320 g/mol. The van der Waals surface area contributed by atoms with E-state index < -0.39 is 0 Å². The molecule has 0 aliphatic carbocycles. The molecule has 1 saturated heterocycles. The molecule has 0 unspecified atom stereocenters. The molecule has 2 atom stereocenters. The van der Waals surface area contributed by atoms with Gasteiger partial charge in [-0.2, -0.15) is 0 Å². The van der Waals surface area contributed by atoms with Gasteiger partial charge in [0.1, 0.15) is 5.82 Å². The lowest BCUT2D eigenvalue weighted by atomic mass is 9.92. The van der Waals surface area contributed by atoms with Crippen LogP contribution >= 0.6 is 12.2 Å². The lowest BCUT2D eigenvalue weighted by Gasteiger charge is -2.34. The first kappa shape index (κ1) is 17.2. The fourth-order valence-corrected chi connectivity index (χ4v) is 3.46. The first-order valence-electron chi connectivity index (χ1n) is 8.24. The number of hydrogen-bond acceptors (Lipinski definition) is 3. The fourth-order valence-electron chi connectivity index (χ4n) is 3.25. The third-order valence-electron chi connectivity index (χ3n) is 4.01. The van der Waals surface area contributed by atoms with E-state index >= 15 is 0 Å². The van der Waals surface area contributed by atoms with Crippen molar-refractivity contribution in [3.63, 3.8) is 0 Å². The third kappa shape index (κ3) is 5.89. The summed E-state index contributed by atoms with van der Waals surface area (Å²) in [5, 5.41) is 7.05. The van der Waals surface area contributed by atoms with Crippen LogP contribution in [-0.4, -0.2) is 41.2 Å². The van der Waals surface area contributed by atoms with Gasteiger partial charge in [-0.3, -0.25) is 0 Å². The van der Waals surface area contributed by atoms with E-state index in [9.17, 15) is 0 Å². The van der Waals surface area contributed by atoms with Crippen molar-refractivity contribution < 1.29 is 0 Å². The lowest BCUT2D eigenvalue weighted by Crippen LogP contribution is -2.40. The summed E-state index contributed by atoms with van der Waals surface area (Å²) in [6.07, 6.45) is 2.48. The van der Waals surface area contributed by atoms with Crippen molar-refractivity contribution in [2.75, 3.05) is 31.5 Å². The molecule has 1 aliphatic rings. The molecule has 122 valence electrons. The van der Waals surface area contributed by atoms with Gasteiger partial charge in [0.15, 0.2) is 5.11 Å². The van der Waals surface area contributed by atoms with Gasteiger partial charge in [-0.25, -0.2) is 4.98 Å². The normalized spacial score (nSPS) is 22.3. The van der Waals surface area contributed by atoms with Crippen molar-refractivity contribution in [2.24, 2.45) is 11.8 Å². The van der Waals surface area contributed by atoms with Gasteiger partial charge in [-0.15, -0.1) is 0 Å². The number of thiocarbonyl (C=S) groups is 1. The molecule has 2 heterocycles. The summed E-state index contributed by atoms with van der Waals surface area (Å²) in [6, 6.07) is 5.88. The van der Waals surface area contributed by atoms with Gasteiger partial charge < -0.3 is 15.5 Å². The Kier molecular flexibility index (Phi) is 6.58. The first-order valence-corrected chi connectivity index (χ1v) is 8.64. The molecule has 0 aromatic carbocycles. The molecule has 1 aliphatic heterocycles. The number of likely N-dealkylation sites (tertiary alicyclic amines) is 1. The SMILES string of the molecule is Cc1cccc(NC(=S)NCCCN2C[C@H](C)C[C@@H](C)C2)n1. The Morgan fingerprint density at radius 3 is 2.73 bits per heavy atom. The fraction of sp³-hybridized carbons (Fsp3) is 0.647. The maximum atomic E-state index is 5.31. The molecule has 4 nitrogen and oxygen atoms in total. The maximum Gasteiger partial charge on any atom is 0.171 e. The molecule has 22 heavy (non-hydrogen) atoms. The molecule has 0 radical (unpaired) electrons. The van der Waals surface area contributed by atoms with Crippen LogP contribution in [-0.2, 0) is 0 Å². The number of piperidine rings is 1. The summed E-state index contributed by atoms with van der Waals surface area (Å²) in [5.41, 5.74) is 0.987. The van der Waals surface area contributed by atoms with Crippen LogP contribution in [0.4, 0.5) is 5.82 Å². The maximum absolute atomic E-state index is 5.31. The summed E-state index contributed by atoms with van der Waals surface area (Å²) in [4.78, 5) is 6.97. The van der Waals surface area contributed by atoms with Gasteiger partial charge >= 0.3 is 0 Å². The molecule has 1 aromatic rings. The highest BCUT2D eigenvalue weighted by molar-refractivity contribution is 7.80. The second-order valence-corrected chi connectivity index (χ2v) is 7.01. The molecule has 5 heteroatoms. The number of aromatic nitrogens is 1. The molecule has 1 aromatic heterocycles. The second kappa shape index (κ2) is 8.44. The van der Waals surface area contributed by atoms with Gasteiger partial charge in [0, 0.05) is 25.3 Å². The predicted molar refractivity (Wildman–Crippen MR) is 97.2 cm³/mol. The Morgan fingerprint density at radius 1 is 1.32 bits per heavy atom. The number of nitrogens with zero attached hydrogens (tertiary/aromatic N) is 2. The average molecular weight is 321 g/mol. The largest absolute Gasteiger partial charge is 0.362 e. The van der Waals surface area contributed by atoms with E-state index in [1.165, 1.54) is 19.5 Å². The topological polar surface area (TPSA) is 40.2 Å². The minimum absolute atomic E-state index is 0.651. The van der Waals surface area contributed by atoms with Crippen LogP contribution < -0.4 is 10.6 Å². The lowest BCUT2D eigenvalue weighted by molar-refractivity contribution is 0.140.